The standard InChI is InChI=1S/C17H25NO4/c1-17(2,3)7-5-6-15(19)18-14-9-12(11-22-4)8-13(10-14)16(20)21/h8-10H,5-7,11H2,1-4H3,(H,18,19)(H,20,21). The average Bonchev–Trinajstić information content (AvgIpc) is 2.37. The maximum Gasteiger partial charge on any atom is 0.335 e. The molecular formula is C17H25NO4. The van der Waals surface area contributed by atoms with Crippen LogP contribution in [0.25, 0.3) is 0 Å². The molecule has 0 bridgehead atoms. The van der Waals surface area contributed by atoms with Crippen molar-refractivity contribution in [2.45, 2.75) is 46.6 Å². The highest BCUT2D eigenvalue weighted by atomic mass is 16.5. The topological polar surface area (TPSA) is 75.6 Å². The van der Waals surface area contributed by atoms with Gasteiger partial charge in [-0.25, -0.2) is 4.79 Å². The minimum Gasteiger partial charge on any atom is -0.478 e. The summed E-state index contributed by atoms with van der Waals surface area (Å²) in [6, 6.07) is 4.74. The largest absolute Gasteiger partial charge is 0.478 e. The molecule has 0 aromatic heterocycles. The van der Waals surface area contributed by atoms with Gasteiger partial charge >= 0.3 is 5.97 Å². The number of methoxy groups -OCH3 is 1. The number of anilines is 1. The van der Waals surface area contributed by atoms with Gasteiger partial charge in [0.1, 0.15) is 0 Å². The summed E-state index contributed by atoms with van der Waals surface area (Å²) in [6.07, 6.45) is 2.19. The number of carboxylic acids is 1. The highest BCUT2D eigenvalue weighted by molar-refractivity contribution is 5.94. The molecule has 1 amide bonds. The summed E-state index contributed by atoms with van der Waals surface area (Å²) >= 11 is 0. The van der Waals surface area contributed by atoms with Crippen LogP contribution in [0.2, 0.25) is 0 Å². The SMILES string of the molecule is COCc1cc(NC(=O)CCCC(C)(C)C)cc(C(=O)O)c1. The second-order valence-corrected chi connectivity index (χ2v) is 6.62. The molecule has 0 aliphatic heterocycles. The smallest absolute Gasteiger partial charge is 0.335 e. The minimum absolute atomic E-state index is 0.102. The maximum atomic E-state index is 12.0. The zero-order valence-electron chi connectivity index (χ0n) is 13.7. The van der Waals surface area contributed by atoms with Gasteiger partial charge in [-0.05, 0) is 42.0 Å². The van der Waals surface area contributed by atoms with E-state index in [0.717, 1.165) is 12.8 Å². The predicted octanol–water partition coefficient (Wildman–Crippen LogP) is 3.69. The zero-order valence-corrected chi connectivity index (χ0v) is 13.7. The van der Waals surface area contributed by atoms with Gasteiger partial charge in [0.25, 0.3) is 0 Å². The van der Waals surface area contributed by atoms with Crippen molar-refractivity contribution >= 4 is 17.6 Å². The Labute approximate surface area is 131 Å². The van der Waals surface area contributed by atoms with E-state index < -0.39 is 5.97 Å². The number of carbonyl (C=O) groups is 2. The molecule has 0 aliphatic carbocycles. The van der Waals surface area contributed by atoms with E-state index in [0.29, 0.717) is 24.3 Å². The monoisotopic (exact) mass is 307 g/mol. The summed E-state index contributed by atoms with van der Waals surface area (Å²) < 4.78 is 5.02. The lowest BCUT2D eigenvalue weighted by Crippen LogP contribution is -2.14. The van der Waals surface area contributed by atoms with Crippen LogP contribution in [0.3, 0.4) is 0 Å². The summed E-state index contributed by atoms with van der Waals surface area (Å²) in [5, 5.41) is 11.9. The van der Waals surface area contributed by atoms with Crippen LogP contribution >= 0.6 is 0 Å². The molecular weight excluding hydrogens is 282 g/mol. The first kappa shape index (κ1) is 18.2. The third-order valence-electron chi connectivity index (χ3n) is 3.17. The first-order chi connectivity index (χ1) is 10.2. The molecule has 0 spiro atoms. The van der Waals surface area contributed by atoms with Crippen molar-refractivity contribution in [1.29, 1.82) is 0 Å². The number of carboxylic acid groups (broad SMARTS) is 1. The van der Waals surface area contributed by atoms with Gasteiger partial charge in [0.05, 0.1) is 12.2 Å². The van der Waals surface area contributed by atoms with Gasteiger partial charge in [-0.2, -0.15) is 0 Å². The second-order valence-electron chi connectivity index (χ2n) is 6.62. The van der Waals surface area contributed by atoms with Crippen molar-refractivity contribution in [1.82, 2.24) is 0 Å². The minimum atomic E-state index is -1.03. The van der Waals surface area contributed by atoms with Crippen molar-refractivity contribution in [2.24, 2.45) is 5.41 Å². The predicted molar refractivity (Wildman–Crippen MR) is 86.1 cm³/mol. The van der Waals surface area contributed by atoms with Crippen molar-refractivity contribution in [3.8, 4) is 0 Å². The Morgan fingerprint density at radius 2 is 1.91 bits per heavy atom. The molecule has 0 unspecified atom stereocenters. The lowest BCUT2D eigenvalue weighted by Gasteiger charge is -2.17. The van der Waals surface area contributed by atoms with Gasteiger partial charge in [-0.1, -0.05) is 20.8 Å². The fourth-order valence-corrected chi connectivity index (χ4v) is 2.14. The Kier molecular flexibility index (Phi) is 6.56. The van der Waals surface area contributed by atoms with E-state index in [1.54, 1.807) is 12.1 Å². The van der Waals surface area contributed by atoms with Gasteiger partial charge in [-0.15, -0.1) is 0 Å². The molecule has 1 aromatic rings. The third kappa shape index (κ3) is 6.72. The number of aromatic carboxylic acids is 1. The van der Waals surface area contributed by atoms with Gasteiger partial charge < -0.3 is 15.2 Å². The highest BCUT2D eigenvalue weighted by Gasteiger charge is 2.12. The fourth-order valence-electron chi connectivity index (χ4n) is 2.14. The summed E-state index contributed by atoms with van der Waals surface area (Å²) in [4.78, 5) is 23.1. The van der Waals surface area contributed by atoms with E-state index in [2.05, 4.69) is 26.1 Å². The van der Waals surface area contributed by atoms with Gasteiger partial charge in [0, 0.05) is 19.2 Å². The number of rotatable bonds is 7. The van der Waals surface area contributed by atoms with Crippen molar-refractivity contribution in [3.63, 3.8) is 0 Å². The molecule has 0 saturated carbocycles. The van der Waals surface area contributed by atoms with Gasteiger partial charge in [-0.3, -0.25) is 4.79 Å². The highest BCUT2D eigenvalue weighted by Crippen LogP contribution is 2.22. The molecule has 122 valence electrons. The van der Waals surface area contributed by atoms with E-state index in [4.69, 9.17) is 9.84 Å². The van der Waals surface area contributed by atoms with E-state index >= 15 is 0 Å². The van der Waals surface area contributed by atoms with Crippen LogP contribution in [0, 0.1) is 5.41 Å². The van der Waals surface area contributed by atoms with E-state index in [1.807, 2.05) is 0 Å². The van der Waals surface area contributed by atoms with Crippen LogP contribution in [0.1, 0.15) is 56.0 Å². The number of nitrogens with one attached hydrogen (secondary N) is 1. The van der Waals surface area contributed by atoms with E-state index in [1.165, 1.54) is 13.2 Å². The van der Waals surface area contributed by atoms with Crippen LogP contribution in [0.15, 0.2) is 18.2 Å². The average molecular weight is 307 g/mol. The Balaban J connectivity index is 2.71. The van der Waals surface area contributed by atoms with Crippen LogP contribution in [-0.2, 0) is 16.1 Å². The fraction of sp³-hybridized carbons (Fsp3) is 0.529. The molecule has 1 rings (SSSR count). The molecule has 0 atom stereocenters. The molecule has 0 aliphatic rings. The summed E-state index contributed by atoms with van der Waals surface area (Å²) in [7, 11) is 1.54. The van der Waals surface area contributed by atoms with Crippen LogP contribution in [0.5, 0.6) is 0 Å². The number of hydrogen-bond donors (Lipinski definition) is 2. The maximum absolute atomic E-state index is 12.0. The number of ether oxygens (including phenoxy) is 1. The molecule has 0 fully saturated rings. The molecule has 5 heteroatoms. The molecule has 0 heterocycles. The molecule has 0 radical (unpaired) electrons. The number of carbonyl (C=O) groups excluding carboxylic acids is 1. The Bertz CT molecular complexity index is 532. The number of amides is 1. The zero-order chi connectivity index (χ0) is 16.8. The molecule has 2 N–H and O–H groups in total. The number of benzene rings is 1. The molecule has 1 aromatic carbocycles. The Hall–Kier alpha value is -1.88. The first-order valence-electron chi connectivity index (χ1n) is 7.37. The summed E-state index contributed by atoms with van der Waals surface area (Å²) in [6.45, 7) is 6.71. The second kappa shape index (κ2) is 7.94. The lowest BCUT2D eigenvalue weighted by atomic mass is 9.90. The Morgan fingerprint density at radius 3 is 2.45 bits per heavy atom. The van der Waals surface area contributed by atoms with Crippen LogP contribution in [-0.4, -0.2) is 24.1 Å². The van der Waals surface area contributed by atoms with Gasteiger partial charge in [0.15, 0.2) is 0 Å². The lowest BCUT2D eigenvalue weighted by molar-refractivity contribution is -0.116. The summed E-state index contributed by atoms with van der Waals surface area (Å²) in [5.41, 5.74) is 1.55. The third-order valence-corrected chi connectivity index (χ3v) is 3.17. The first-order valence-corrected chi connectivity index (χ1v) is 7.37. The number of hydrogen-bond acceptors (Lipinski definition) is 3. The van der Waals surface area contributed by atoms with Crippen molar-refractivity contribution in [2.75, 3.05) is 12.4 Å². The van der Waals surface area contributed by atoms with Crippen molar-refractivity contribution < 1.29 is 19.4 Å². The Morgan fingerprint density at radius 1 is 1.23 bits per heavy atom. The van der Waals surface area contributed by atoms with E-state index in [-0.39, 0.29) is 16.9 Å². The molecule has 22 heavy (non-hydrogen) atoms. The van der Waals surface area contributed by atoms with Crippen molar-refractivity contribution in [3.05, 3.63) is 29.3 Å². The normalized spacial score (nSPS) is 11.3. The van der Waals surface area contributed by atoms with E-state index in [9.17, 15) is 9.59 Å². The molecule has 0 saturated heterocycles. The quantitative estimate of drug-likeness (QED) is 0.805. The van der Waals surface area contributed by atoms with Crippen LogP contribution < -0.4 is 5.32 Å². The molecule has 5 nitrogen and oxygen atoms in total. The van der Waals surface area contributed by atoms with Gasteiger partial charge in [0.2, 0.25) is 5.91 Å². The van der Waals surface area contributed by atoms with Crippen LogP contribution in [0.4, 0.5) is 5.69 Å². The summed E-state index contributed by atoms with van der Waals surface area (Å²) in [5.74, 6) is -1.13.